The second kappa shape index (κ2) is 5.61. The van der Waals surface area contributed by atoms with E-state index in [0.29, 0.717) is 5.02 Å². The van der Waals surface area contributed by atoms with Gasteiger partial charge in [-0.15, -0.1) is 0 Å². The lowest BCUT2D eigenvalue weighted by Crippen LogP contribution is -1.90. The highest BCUT2D eigenvalue weighted by Crippen LogP contribution is 2.16. The minimum atomic E-state index is -0.193. The molecule has 0 radical (unpaired) electrons. The minimum absolute atomic E-state index is 0.193. The maximum atomic E-state index is 13.2. The number of alkyl halides is 1. The predicted octanol–water partition coefficient (Wildman–Crippen LogP) is 4.20. The van der Waals surface area contributed by atoms with Crippen molar-refractivity contribution in [2.45, 2.75) is 19.3 Å². The lowest BCUT2D eigenvalue weighted by Gasteiger charge is -2.02. The van der Waals surface area contributed by atoms with E-state index < -0.39 is 0 Å². The van der Waals surface area contributed by atoms with Gasteiger partial charge in [-0.3, -0.25) is 0 Å². The van der Waals surface area contributed by atoms with Crippen LogP contribution in [-0.4, -0.2) is 5.33 Å². The molecule has 1 aromatic carbocycles. The number of rotatable bonds is 4. The Kier molecular flexibility index (Phi) is 4.74. The lowest BCUT2D eigenvalue weighted by atomic mass is 10.1. The molecule has 0 aliphatic rings. The van der Waals surface area contributed by atoms with Crippen LogP contribution in [0.5, 0.6) is 0 Å². The Morgan fingerprint density at radius 2 is 2.08 bits per heavy atom. The maximum absolute atomic E-state index is 13.2. The van der Waals surface area contributed by atoms with E-state index in [1.165, 1.54) is 6.07 Å². The van der Waals surface area contributed by atoms with Crippen molar-refractivity contribution in [1.82, 2.24) is 0 Å². The second-order valence-electron chi connectivity index (χ2n) is 2.88. The molecule has 0 amide bonds. The zero-order chi connectivity index (χ0) is 9.68. The molecule has 1 rings (SSSR count). The van der Waals surface area contributed by atoms with Crippen molar-refractivity contribution in [2.24, 2.45) is 0 Å². The van der Waals surface area contributed by atoms with Crippen molar-refractivity contribution in [3.63, 3.8) is 0 Å². The van der Waals surface area contributed by atoms with Gasteiger partial charge in [0.15, 0.2) is 0 Å². The summed E-state index contributed by atoms with van der Waals surface area (Å²) in [6, 6.07) is 4.85. The van der Waals surface area contributed by atoms with Crippen LogP contribution >= 0.6 is 27.5 Å². The molecular weight excluding hydrogens is 254 g/mol. The molecule has 0 unspecified atom stereocenters. The first-order chi connectivity index (χ1) is 6.24. The molecule has 0 saturated carbocycles. The van der Waals surface area contributed by atoms with Crippen molar-refractivity contribution in [3.05, 3.63) is 34.6 Å². The first kappa shape index (κ1) is 11.0. The van der Waals surface area contributed by atoms with Gasteiger partial charge in [0.1, 0.15) is 5.82 Å². The number of halogens is 3. The van der Waals surface area contributed by atoms with Gasteiger partial charge in [0.2, 0.25) is 0 Å². The number of aryl methyl sites for hydroxylation is 1. The molecule has 1 aromatic rings. The summed E-state index contributed by atoms with van der Waals surface area (Å²) < 4.78 is 13.2. The van der Waals surface area contributed by atoms with Gasteiger partial charge in [0.25, 0.3) is 0 Å². The maximum Gasteiger partial charge on any atom is 0.127 e. The van der Waals surface area contributed by atoms with Crippen LogP contribution in [0.15, 0.2) is 18.2 Å². The summed E-state index contributed by atoms with van der Waals surface area (Å²) in [7, 11) is 0. The van der Waals surface area contributed by atoms with Crippen LogP contribution in [-0.2, 0) is 6.42 Å². The van der Waals surface area contributed by atoms with Crippen molar-refractivity contribution >= 4 is 27.5 Å². The Labute approximate surface area is 91.2 Å². The first-order valence-corrected chi connectivity index (χ1v) is 5.74. The molecule has 0 atom stereocenters. The molecular formula is C10H11BrClF. The van der Waals surface area contributed by atoms with Gasteiger partial charge in [-0.1, -0.05) is 33.6 Å². The zero-order valence-corrected chi connectivity index (χ0v) is 9.54. The van der Waals surface area contributed by atoms with Gasteiger partial charge in [-0.25, -0.2) is 4.39 Å². The largest absolute Gasteiger partial charge is 0.207 e. The van der Waals surface area contributed by atoms with Gasteiger partial charge < -0.3 is 0 Å². The monoisotopic (exact) mass is 264 g/mol. The van der Waals surface area contributed by atoms with E-state index in [1.54, 1.807) is 12.1 Å². The SMILES string of the molecule is Fc1cc(Cl)ccc1CCCCBr. The third kappa shape index (κ3) is 3.65. The second-order valence-corrected chi connectivity index (χ2v) is 4.11. The quantitative estimate of drug-likeness (QED) is 0.565. The molecule has 0 aliphatic carbocycles. The van der Waals surface area contributed by atoms with Gasteiger partial charge >= 0.3 is 0 Å². The summed E-state index contributed by atoms with van der Waals surface area (Å²) in [6.07, 6.45) is 2.86. The van der Waals surface area contributed by atoms with E-state index in [1.807, 2.05) is 0 Å². The molecule has 0 nitrogen and oxygen atoms in total. The highest BCUT2D eigenvalue weighted by Gasteiger charge is 2.01. The topological polar surface area (TPSA) is 0 Å². The Hall–Kier alpha value is -0.0800. The lowest BCUT2D eigenvalue weighted by molar-refractivity contribution is 0.604. The highest BCUT2D eigenvalue weighted by molar-refractivity contribution is 9.09. The number of benzene rings is 1. The summed E-state index contributed by atoms with van der Waals surface area (Å²) in [4.78, 5) is 0. The van der Waals surface area contributed by atoms with E-state index in [4.69, 9.17) is 11.6 Å². The molecule has 0 fully saturated rings. The molecule has 0 saturated heterocycles. The highest BCUT2D eigenvalue weighted by atomic mass is 79.9. The molecule has 0 bridgehead atoms. The Bertz CT molecular complexity index is 276. The molecule has 72 valence electrons. The molecule has 13 heavy (non-hydrogen) atoms. The summed E-state index contributed by atoms with van der Waals surface area (Å²) in [5.41, 5.74) is 0.755. The van der Waals surface area contributed by atoms with Crippen molar-refractivity contribution in [1.29, 1.82) is 0 Å². The van der Waals surface area contributed by atoms with Gasteiger partial charge in [-0.05, 0) is 37.0 Å². The Morgan fingerprint density at radius 1 is 1.31 bits per heavy atom. The van der Waals surface area contributed by atoms with Crippen LogP contribution in [0.2, 0.25) is 5.02 Å². The Balaban J connectivity index is 2.56. The van der Waals surface area contributed by atoms with E-state index in [-0.39, 0.29) is 5.82 Å². The molecule has 0 aromatic heterocycles. The molecule has 0 aliphatic heterocycles. The summed E-state index contributed by atoms with van der Waals surface area (Å²) in [6.45, 7) is 0. The standard InChI is InChI=1S/C10H11BrClF/c11-6-2-1-3-8-4-5-9(12)7-10(8)13/h4-5,7H,1-3,6H2. The van der Waals surface area contributed by atoms with Gasteiger partial charge in [-0.2, -0.15) is 0 Å². The first-order valence-electron chi connectivity index (χ1n) is 4.24. The van der Waals surface area contributed by atoms with Gasteiger partial charge in [0.05, 0.1) is 0 Å². The fraction of sp³-hybridized carbons (Fsp3) is 0.400. The van der Waals surface area contributed by atoms with E-state index in [9.17, 15) is 4.39 Å². The van der Waals surface area contributed by atoms with Crippen molar-refractivity contribution in [2.75, 3.05) is 5.33 Å². The molecule has 0 heterocycles. The summed E-state index contributed by atoms with van der Waals surface area (Å²) in [5.74, 6) is -0.193. The molecule has 0 N–H and O–H groups in total. The number of hydrogen-bond donors (Lipinski definition) is 0. The third-order valence-electron chi connectivity index (χ3n) is 1.84. The van der Waals surface area contributed by atoms with E-state index in [0.717, 1.165) is 30.2 Å². The molecule has 0 spiro atoms. The number of unbranched alkanes of at least 4 members (excludes halogenated alkanes) is 1. The number of hydrogen-bond acceptors (Lipinski definition) is 0. The minimum Gasteiger partial charge on any atom is -0.207 e. The normalized spacial score (nSPS) is 10.4. The van der Waals surface area contributed by atoms with Crippen LogP contribution in [0.3, 0.4) is 0 Å². The van der Waals surface area contributed by atoms with Crippen LogP contribution in [0.1, 0.15) is 18.4 Å². The summed E-state index contributed by atoms with van der Waals surface area (Å²) >= 11 is 8.97. The van der Waals surface area contributed by atoms with Crippen LogP contribution in [0.4, 0.5) is 4.39 Å². The third-order valence-corrected chi connectivity index (χ3v) is 2.64. The van der Waals surface area contributed by atoms with Crippen LogP contribution < -0.4 is 0 Å². The van der Waals surface area contributed by atoms with Gasteiger partial charge in [0, 0.05) is 10.4 Å². The average Bonchev–Trinajstić information content (AvgIpc) is 2.09. The van der Waals surface area contributed by atoms with Crippen molar-refractivity contribution < 1.29 is 4.39 Å². The predicted molar refractivity (Wildman–Crippen MR) is 58.1 cm³/mol. The zero-order valence-electron chi connectivity index (χ0n) is 7.19. The van der Waals surface area contributed by atoms with E-state index >= 15 is 0 Å². The Morgan fingerprint density at radius 3 is 2.69 bits per heavy atom. The fourth-order valence-corrected chi connectivity index (χ4v) is 1.69. The van der Waals surface area contributed by atoms with E-state index in [2.05, 4.69) is 15.9 Å². The van der Waals surface area contributed by atoms with Crippen LogP contribution in [0.25, 0.3) is 0 Å². The molecule has 3 heteroatoms. The van der Waals surface area contributed by atoms with Crippen molar-refractivity contribution in [3.8, 4) is 0 Å². The van der Waals surface area contributed by atoms with Crippen LogP contribution in [0, 0.1) is 5.82 Å². The average molecular weight is 266 g/mol. The fourth-order valence-electron chi connectivity index (χ4n) is 1.13. The smallest absolute Gasteiger partial charge is 0.127 e. The summed E-state index contributed by atoms with van der Waals surface area (Å²) in [5, 5.41) is 1.43.